The zero-order valence-corrected chi connectivity index (χ0v) is 10.9. The van der Waals surface area contributed by atoms with Gasteiger partial charge in [0.15, 0.2) is 0 Å². The fraction of sp³-hybridized carbons (Fsp3) is 0.500. The first-order valence-electron chi connectivity index (χ1n) is 5.61. The Kier molecular flexibility index (Phi) is 8.07. The second kappa shape index (κ2) is 9.25. The molecule has 0 heterocycles. The number of amides is 2. The number of rotatable bonds is 10. The van der Waals surface area contributed by atoms with Gasteiger partial charge < -0.3 is 26.0 Å². The zero-order valence-electron chi connectivity index (χ0n) is 10.9. The van der Waals surface area contributed by atoms with E-state index in [4.69, 9.17) is 15.3 Å². The van der Waals surface area contributed by atoms with Crippen LogP contribution in [0.4, 0.5) is 0 Å². The third-order valence-corrected chi connectivity index (χ3v) is 1.97. The van der Waals surface area contributed by atoms with Crippen molar-refractivity contribution in [3.63, 3.8) is 0 Å². The van der Waals surface area contributed by atoms with Crippen LogP contribution < -0.4 is 10.6 Å². The lowest BCUT2D eigenvalue weighted by Crippen LogP contribution is -2.45. The standard InChI is InChI=1S/C10H15N3O8/c14-6(12-2-8(16)17)1-11-7(15)3-13(4-9(18)19)5-10(20)21/h1-5H2,(H,11,15)(H,12,14)(H,16,17)(H,18,19)(H,20,21). The first kappa shape index (κ1) is 18.3. The van der Waals surface area contributed by atoms with Crippen LogP contribution in [0, 0.1) is 0 Å². The Morgan fingerprint density at radius 2 is 1.14 bits per heavy atom. The van der Waals surface area contributed by atoms with Gasteiger partial charge in [0.2, 0.25) is 11.8 Å². The predicted octanol–water partition coefficient (Wildman–Crippen LogP) is -3.23. The molecule has 0 aromatic rings. The molecule has 0 unspecified atom stereocenters. The van der Waals surface area contributed by atoms with E-state index in [2.05, 4.69) is 5.32 Å². The zero-order chi connectivity index (χ0) is 16.4. The van der Waals surface area contributed by atoms with Crippen molar-refractivity contribution in [1.29, 1.82) is 0 Å². The molecule has 118 valence electrons. The Bertz CT molecular complexity index is 420. The Morgan fingerprint density at radius 3 is 1.57 bits per heavy atom. The van der Waals surface area contributed by atoms with E-state index in [0.29, 0.717) is 0 Å². The second-order valence-electron chi connectivity index (χ2n) is 3.88. The Hall–Kier alpha value is -2.69. The minimum Gasteiger partial charge on any atom is -0.480 e. The highest BCUT2D eigenvalue weighted by Gasteiger charge is 2.17. The fourth-order valence-electron chi connectivity index (χ4n) is 1.22. The van der Waals surface area contributed by atoms with Crippen LogP contribution in [-0.4, -0.2) is 82.7 Å². The molecule has 2 amide bonds. The molecule has 0 aliphatic rings. The molecule has 0 aromatic carbocycles. The van der Waals surface area contributed by atoms with Crippen LogP contribution in [0.3, 0.4) is 0 Å². The van der Waals surface area contributed by atoms with Crippen molar-refractivity contribution >= 4 is 29.7 Å². The third kappa shape index (κ3) is 10.9. The van der Waals surface area contributed by atoms with E-state index in [9.17, 15) is 24.0 Å². The maximum atomic E-state index is 11.4. The summed E-state index contributed by atoms with van der Waals surface area (Å²) in [5.41, 5.74) is 0. The Morgan fingerprint density at radius 1 is 0.667 bits per heavy atom. The largest absolute Gasteiger partial charge is 0.480 e. The number of carbonyl (C=O) groups is 5. The maximum absolute atomic E-state index is 11.4. The highest BCUT2D eigenvalue weighted by atomic mass is 16.4. The Labute approximate surface area is 118 Å². The lowest BCUT2D eigenvalue weighted by molar-refractivity contribution is -0.142. The minimum absolute atomic E-state index is 0.500. The summed E-state index contributed by atoms with van der Waals surface area (Å²) in [5, 5.41) is 29.5. The molecule has 0 rings (SSSR count). The number of aliphatic carboxylic acids is 3. The molecular weight excluding hydrogens is 290 g/mol. The topological polar surface area (TPSA) is 173 Å². The van der Waals surface area contributed by atoms with Crippen LogP contribution in [0.25, 0.3) is 0 Å². The smallest absolute Gasteiger partial charge is 0.322 e. The molecule has 0 radical (unpaired) electrons. The van der Waals surface area contributed by atoms with Gasteiger partial charge in [-0.2, -0.15) is 0 Å². The van der Waals surface area contributed by atoms with Crippen LogP contribution >= 0.6 is 0 Å². The van der Waals surface area contributed by atoms with Crippen molar-refractivity contribution in [2.75, 3.05) is 32.7 Å². The van der Waals surface area contributed by atoms with E-state index in [1.54, 1.807) is 0 Å². The van der Waals surface area contributed by atoms with Crippen LogP contribution in [0.2, 0.25) is 0 Å². The summed E-state index contributed by atoms with van der Waals surface area (Å²) in [6.45, 7) is -2.92. The highest BCUT2D eigenvalue weighted by molar-refractivity contribution is 5.87. The average Bonchev–Trinajstić information content (AvgIpc) is 2.32. The number of carboxylic acids is 3. The summed E-state index contributed by atoms with van der Waals surface area (Å²) in [6, 6.07) is 0. The van der Waals surface area contributed by atoms with Gasteiger partial charge >= 0.3 is 17.9 Å². The van der Waals surface area contributed by atoms with Gasteiger partial charge in [-0.25, -0.2) is 0 Å². The minimum atomic E-state index is -1.30. The summed E-state index contributed by atoms with van der Waals surface area (Å²) < 4.78 is 0. The number of hydrogen-bond acceptors (Lipinski definition) is 6. The lowest BCUT2D eigenvalue weighted by Gasteiger charge is -2.17. The van der Waals surface area contributed by atoms with Gasteiger partial charge in [0, 0.05) is 0 Å². The van der Waals surface area contributed by atoms with E-state index in [0.717, 1.165) is 4.90 Å². The highest BCUT2D eigenvalue weighted by Crippen LogP contribution is 1.88. The van der Waals surface area contributed by atoms with Crippen LogP contribution in [0.5, 0.6) is 0 Å². The number of carbonyl (C=O) groups excluding carboxylic acids is 2. The normalized spacial score (nSPS) is 9.95. The van der Waals surface area contributed by atoms with Crippen LogP contribution in [0.15, 0.2) is 0 Å². The van der Waals surface area contributed by atoms with Crippen molar-refractivity contribution in [3.05, 3.63) is 0 Å². The lowest BCUT2D eigenvalue weighted by atomic mass is 10.4. The molecule has 0 aliphatic heterocycles. The van der Waals surface area contributed by atoms with Crippen molar-refractivity contribution in [3.8, 4) is 0 Å². The molecule has 0 aliphatic carbocycles. The number of nitrogens with zero attached hydrogens (tertiary/aromatic N) is 1. The summed E-state index contributed by atoms with van der Waals surface area (Å²) in [6.07, 6.45) is 0. The quantitative estimate of drug-likeness (QED) is 0.278. The summed E-state index contributed by atoms with van der Waals surface area (Å²) in [7, 11) is 0. The second-order valence-corrected chi connectivity index (χ2v) is 3.88. The summed E-state index contributed by atoms with van der Waals surface area (Å²) >= 11 is 0. The molecular formula is C10H15N3O8. The van der Waals surface area contributed by atoms with Crippen LogP contribution in [-0.2, 0) is 24.0 Å². The monoisotopic (exact) mass is 305 g/mol. The molecule has 0 atom stereocenters. The van der Waals surface area contributed by atoms with E-state index >= 15 is 0 Å². The van der Waals surface area contributed by atoms with E-state index < -0.39 is 62.4 Å². The Balaban J connectivity index is 4.18. The molecule has 0 bridgehead atoms. The molecule has 0 aromatic heterocycles. The molecule has 0 saturated carbocycles. The van der Waals surface area contributed by atoms with Crippen molar-refractivity contribution < 1.29 is 39.3 Å². The third-order valence-electron chi connectivity index (χ3n) is 1.97. The number of hydrogen-bond donors (Lipinski definition) is 5. The maximum Gasteiger partial charge on any atom is 0.322 e. The summed E-state index contributed by atoms with van der Waals surface area (Å²) in [5.74, 6) is -5.35. The average molecular weight is 305 g/mol. The van der Waals surface area contributed by atoms with Gasteiger partial charge in [0.1, 0.15) is 6.54 Å². The molecule has 0 saturated heterocycles. The first-order valence-corrected chi connectivity index (χ1v) is 5.61. The molecule has 11 nitrogen and oxygen atoms in total. The van der Waals surface area contributed by atoms with Crippen molar-refractivity contribution in [1.82, 2.24) is 15.5 Å². The van der Waals surface area contributed by atoms with Gasteiger partial charge in [-0.05, 0) is 0 Å². The van der Waals surface area contributed by atoms with E-state index in [1.165, 1.54) is 0 Å². The molecule has 11 heteroatoms. The van der Waals surface area contributed by atoms with Gasteiger partial charge in [-0.15, -0.1) is 0 Å². The van der Waals surface area contributed by atoms with Gasteiger partial charge in [0.25, 0.3) is 0 Å². The van der Waals surface area contributed by atoms with Gasteiger partial charge in [0.05, 0.1) is 26.2 Å². The number of carboxylic acid groups (broad SMARTS) is 3. The molecule has 21 heavy (non-hydrogen) atoms. The van der Waals surface area contributed by atoms with E-state index in [1.807, 2.05) is 5.32 Å². The van der Waals surface area contributed by atoms with E-state index in [-0.39, 0.29) is 0 Å². The SMILES string of the molecule is O=C(O)CNC(=O)CNC(=O)CN(CC(=O)O)CC(=O)O. The summed E-state index contributed by atoms with van der Waals surface area (Å²) in [4.78, 5) is 54.6. The number of nitrogens with one attached hydrogen (secondary N) is 2. The molecule has 5 N–H and O–H groups in total. The fourth-order valence-corrected chi connectivity index (χ4v) is 1.22. The molecule has 0 fully saturated rings. The van der Waals surface area contributed by atoms with Gasteiger partial charge in [-0.1, -0.05) is 0 Å². The van der Waals surface area contributed by atoms with Crippen molar-refractivity contribution in [2.24, 2.45) is 0 Å². The van der Waals surface area contributed by atoms with Gasteiger partial charge in [-0.3, -0.25) is 28.9 Å². The van der Waals surface area contributed by atoms with Crippen molar-refractivity contribution in [2.45, 2.75) is 0 Å². The first-order chi connectivity index (χ1) is 9.70. The predicted molar refractivity (Wildman–Crippen MR) is 65.4 cm³/mol. The van der Waals surface area contributed by atoms with Crippen LogP contribution in [0.1, 0.15) is 0 Å². The molecule has 0 spiro atoms.